The van der Waals surface area contributed by atoms with Crippen molar-refractivity contribution in [2.45, 2.75) is 30.8 Å². The number of rotatable bonds is 6. The van der Waals surface area contributed by atoms with Crippen molar-refractivity contribution in [1.82, 2.24) is 9.55 Å². The standard InChI is InChI=1S/C25H22FN3O3S2/c1-32-16-12-10-15(11-13-16)29-24(31)22-17-6-2-5-9-20(17)34-23(22)28-25(29)33-14-21(30)27-19-8-4-3-7-18(19)26/h3-4,7-8,10-13H,2,5-6,9,14H2,1H3,(H,27,30). The van der Waals surface area contributed by atoms with Gasteiger partial charge in [-0.25, -0.2) is 9.37 Å². The van der Waals surface area contributed by atoms with Crippen molar-refractivity contribution < 1.29 is 13.9 Å². The summed E-state index contributed by atoms with van der Waals surface area (Å²) in [5, 5.41) is 3.68. The van der Waals surface area contributed by atoms with Crippen LogP contribution in [-0.4, -0.2) is 28.3 Å². The maximum atomic E-state index is 13.9. The minimum atomic E-state index is -0.500. The molecule has 2 aromatic carbocycles. The first kappa shape index (κ1) is 22.6. The summed E-state index contributed by atoms with van der Waals surface area (Å²) in [7, 11) is 1.59. The van der Waals surface area contributed by atoms with Gasteiger partial charge in [-0.1, -0.05) is 23.9 Å². The summed E-state index contributed by atoms with van der Waals surface area (Å²) in [6, 6.07) is 13.2. The van der Waals surface area contributed by atoms with Gasteiger partial charge in [-0.3, -0.25) is 14.2 Å². The van der Waals surface area contributed by atoms with Crippen molar-refractivity contribution in [2.24, 2.45) is 0 Å². The Balaban J connectivity index is 1.53. The monoisotopic (exact) mass is 495 g/mol. The molecule has 1 N–H and O–H groups in total. The molecule has 6 nitrogen and oxygen atoms in total. The Labute approximate surface area is 203 Å². The van der Waals surface area contributed by atoms with E-state index < -0.39 is 5.82 Å². The second-order valence-corrected chi connectivity index (χ2v) is 9.97. The molecule has 0 saturated carbocycles. The minimum Gasteiger partial charge on any atom is -0.497 e. The van der Waals surface area contributed by atoms with E-state index in [-0.39, 0.29) is 22.9 Å². The average Bonchev–Trinajstić information content (AvgIpc) is 3.23. The molecule has 0 saturated heterocycles. The van der Waals surface area contributed by atoms with E-state index >= 15 is 0 Å². The molecule has 34 heavy (non-hydrogen) atoms. The highest BCUT2D eigenvalue weighted by Crippen LogP contribution is 2.35. The summed E-state index contributed by atoms with van der Waals surface area (Å²) in [5.74, 6) is -0.221. The van der Waals surface area contributed by atoms with Crippen molar-refractivity contribution >= 4 is 44.9 Å². The van der Waals surface area contributed by atoms with Gasteiger partial charge in [0.15, 0.2) is 5.16 Å². The second-order valence-electron chi connectivity index (χ2n) is 7.94. The van der Waals surface area contributed by atoms with Crippen LogP contribution >= 0.6 is 23.1 Å². The molecule has 1 amide bonds. The molecule has 0 aliphatic heterocycles. The molecular weight excluding hydrogens is 473 g/mol. The van der Waals surface area contributed by atoms with Crippen molar-refractivity contribution in [2.75, 3.05) is 18.2 Å². The molecule has 174 valence electrons. The number of thiophene rings is 1. The third kappa shape index (κ3) is 4.33. The average molecular weight is 496 g/mol. The Kier molecular flexibility index (Phi) is 6.38. The number of amides is 1. The number of anilines is 1. The SMILES string of the molecule is COc1ccc(-n2c(SCC(=O)Nc3ccccc3F)nc3sc4c(c3c2=O)CCCC4)cc1. The van der Waals surface area contributed by atoms with Crippen LogP contribution < -0.4 is 15.6 Å². The van der Waals surface area contributed by atoms with Gasteiger partial charge in [-0.15, -0.1) is 11.3 Å². The zero-order chi connectivity index (χ0) is 23.7. The number of hydrogen-bond acceptors (Lipinski definition) is 6. The van der Waals surface area contributed by atoms with Crippen LogP contribution in [0.4, 0.5) is 10.1 Å². The Morgan fingerprint density at radius 2 is 1.94 bits per heavy atom. The molecule has 0 atom stereocenters. The number of aryl methyl sites for hydroxylation is 2. The number of benzene rings is 2. The normalized spacial score (nSPS) is 13.0. The van der Waals surface area contributed by atoms with Gasteiger partial charge in [0.2, 0.25) is 5.91 Å². The quantitative estimate of drug-likeness (QED) is 0.294. The highest BCUT2D eigenvalue weighted by molar-refractivity contribution is 7.99. The fourth-order valence-electron chi connectivity index (χ4n) is 4.12. The molecule has 1 aliphatic carbocycles. The number of methoxy groups -OCH3 is 1. The van der Waals surface area contributed by atoms with Crippen molar-refractivity contribution in [3.63, 3.8) is 0 Å². The van der Waals surface area contributed by atoms with Crippen LogP contribution in [0.3, 0.4) is 0 Å². The first-order valence-corrected chi connectivity index (χ1v) is 12.7. The molecule has 0 fully saturated rings. The number of nitrogens with one attached hydrogen (secondary N) is 1. The third-order valence-electron chi connectivity index (χ3n) is 5.77. The number of hydrogen-bond donors (Lipinski definition) is 1. The van der Waals surface area contributed by atoms with E-state index in [1.807, 2.05) is 0 Å². The molecule has 0 radical (unpaired) electrons. The number of thioether (sulfide) groups is 1. The van der Waals surface area contributed by atoms with Crippen molar-refractivity contribution in [3.05, 3.63) is 75.1 Å². The first-order chi connectivity index (χ1) is 16.5. The van der Waals surface area contributed by atoms with Crippen LogP contribution in [0.2, 0.25) is 0 Å². The molecular formula is C25H22FN3O3S2. The van der Waals surface area contributed by atoms with Gasteiger partial charge in [0.25, 0.3) is 5.56 Å². The van der Waals surface area contributed by atoms with Crippen LogP contribution in [0.5, 0.6) is 5.75 Å². The fourth-order valence-corrected chi connectivity index (χ4v) is 6.24. The smallest absolute Gasteiger partial charge is 0.267 e. The number of aromatic nitrogens is 2. The summed E-state index contributed by atoms with van der Waals surface area (Å²) < 4.78 is 20.7. The van der Waals surface area contributed by atoms with E-state index in [1.54, 1.807) is 59.4 Å². The number of carbonyl (C=O) groups is 1. The molecule has 2 aromatic heterocycles. The minimum absolute atomic E-state index is 0.0203. The molecule has 4 aromatic rings. The number of nitrogens with zero attached hydrogens (tertiary/aromatic N) is 2. The van der Waals surface area contributed by atoms with Crippen LogP contribution in [0.25, 0.3) is 15.9 Å². The number of ether oxygens (including phenoxy) is 1. The van der Waals surface area contributed by atoms with Gasteiger partial charge in [-0.2, -0.15) is 0 Å². The maximum Gasteiger partial charge on any atom is 0.267 e. The fraction of sp³-hybridized carbons (Fsp3) is 0.240. The predicted molar refractivity (Wildman–Crippen MR) is 134 cm³/mol. The van der Waals surface area contributed by atoms with Crippen LogP contribution in [-0.2, 0) is 17.6 Å². The zero-order valence-corrected chi connectivity index (χ0v) is 20.1. The lowest BCUT2D eigenvalue weighted by molar-refractivity contribution is -0.113. The Morgan fingerprint density at radius 1 is 1.18 bits per heavy atom. The summed E-state index contributed by atoms with van der Waals surface area (Å²) in [4.78, 5) is 33.1. The second kappa shape index (κ2) is 9.60. The van der Waals surface area contributed by atoms with Crippen LogP contribution in [0.1, 0.15) is 23.3 Å². The van der Waals surface area contributed by atoms with Crippen LogP contribution in [0.15, 0.2) is 58.5 Å². The van der Waals surface area contributed by atoms with Gasteiger partial charge in [0.05, 0.1) is 29.6 Å². The highest BCUT2D eigenvalue weighted by atomic mass is 32.2. The summed E-state index contributed by atoms with van der Waals surface area (Å²) >= 11 is 2.72. The van der Waals surface area contributed by atoms with Gasteiger partial charge >= 0.3 is 0 Å². The maximum absolute atomic E-state index is 13.9. The number of fused-ring (bicyclic) bond motifs is 3. The summed E-state index contributed by atoms with van der Waals surface area (Å²) in [6.45, 7) is 0. The number of carbonyl (C=O) groups excluding carboxylic acids is 1. The predicted octanol–water partition coefficient (Wildman–Crippen LogP) is 5.20. The molecule has 5 rings (SSSR count). The lowest BCUT2D eigenvalue weighted by Crippen LogP contribution is -2.23. The number of para-hydroxylation sites is 1. The number of halogens is 1. The van der Waals surface area contributed by atoms with Gasteiger partial charge < -0.3 is 10.1 Å². The van der Waals surface area contributed by atoms with Gasteiger partial charge in [-0.05, 0) is 67.6 Å². The van der Waals surface area contributed by atoms with Gasteiger partial charge in [0.1, 0.15) is 16.4 Å². The van der Waals surface area contributed by atoms with Crippen LogP contribution in [0, 0.1) is 5.82 Å². The van der Waals surface area contributed by atoms with E-state index in [0.29, 0.717) is 26.8 Å². The zero-order valence-electron chi connectivity index (χ0n) is 18.5. The Morgan fingerprint density at radius 3 is 2.71 bits per heavy atom. The molecule has 0 unspecified atom stereocenters. The van der Waals surface area contributed by atoms with Crippen molar-refractivity contribution in [3.8, 4) is 11.4 Å². The largest absolute Gasteiger partial charge is 0.497 e. The first-order valence-electron chi connectivity index (χ1n) is 10.9. The lowest BCUT2D eigenvalue weighted by atomic mass is 9.97. The Bertz CT molecular complexity index is 1430. The topological polar surface area (TPSA) is 73.2 Å². The molecule has 9 heteroatoms. The van der Waals surface area contributed by atoms with E-state index in [4.69, 9.17) is 9.72 Å². The van der Waals surface area contributed by atoms with E-state index in [9.17, 15) is 14.0 Å². The lowest BCUT2D eigenvalue weighted by Gasteiger charge is -2.14. The van der Waals surface area contributed by atoms with E-state index in [2.05, 4.69) is 5.32 Å². The molecule has 1 aliphatic rings. The molecule has 0 spiro atoms. The summed E-state index contributed by atoms with van der Waals surface area (Å²) in [6.07, 6.45) is 4.02. The van der Waals surface area contributed by atoms with E-state index in [0.717, 1.165) is 43.0 Å². The molecule has 2 heterocycles. The molecule has 0 bridgehead atoms. The third-order valence-corrected chi connectivity index (χ3v) is 7.89. The van der Waals surface area contributed by atoms with E-state index in [1.165, 1.54) is 17.0 Å². The Hall–Kier alpha value is -3.17. The van der Waals surface area contributed by atoms with Gasteiger partial charge in [0, 0.05) is 4.88 Å². The highest BCUT2D eigenvalue weighted by Gasteiger charge is 2.23. The summed E-state index contributed by atoms with van der Waals surface area (Å²) in [5.41, 5.74) is 1.74. The van der Waals surface area contributed by atoms with Crippen molar-refractivity contribution in [1.29, 1.82) is 0 Å².